The van der Waals surface area contributed by atoms with Crippen LogP contribution in [0.25, 0.3) is 0 Å². The minimum absolute atomic E-state index is 0.0603. The molecule has 106 valence electrons. The lowest BCUT2D eigenvalue weighted by Crippen LogP contribution is -2.10. The Balaban J connectivity index is 2.08. The molecule has 0 radical (unpaired) electrons. The van der Waals surface area contributed by atoms with Gasteiger partial charge in [-0.1, -0.05) is 25.1 Å². The minimum Gasteiger partial charge on any atom is -0.478 e. The maximum Gasteiger partial charge on any atom is 0.218 e. The zero-order valence-corrected chi connectivity index (χ0v) is 11.8. The summed E-state index contributed by atoms with van der Waals surface area (Å²) < 4.78 is 5.49. The fourth-order valence-corrected chi connectivity index (χ4v) is 1.91. The summed E-state index contributed by atoms with van der Waals surface area (Å²) in [5, 5.41) is 3.30. The standard InChI is InChI=1S/C15H20N4O/c1-3-8-20-15-9-14(17-10-18-15)19-11(2)12-6-4-5-7-13(12)16/h4-7,9-11H,3,8,16H2,1-2H3,(H,17,18,19). The Bertz CT molecular complexity index is 559. The van der Waals surface area contributed by atoms with Gasteiger partial charge in [-0.15, -0.1) is 0 Å². The minimum atomic E-state index is 0.0603. The van der Waals surface area contributed by atoms with E-state index in [-0.39, 0.29) is 6.04 Å². The molecule has 1 atom stereocenters. The van der Waals surface area contributed by atoms with Crippen LogP contribution in [-0.2, 0) is 0 Å². The van der Waals surface area contributed by atoms with E-state index in [1.54, 1.807) is 6.07 Å². The molecule has 0 saturated carbocycles. The Morgan fingerprint density at radius 3 is 2.85 bits per heavy atom. The van der Waals surface area contributed by atoms with Crippen LogP contribution in [0.4, 0.5) is 11.5 Å². The van der Waals surface area contributed by atoms with Crippen molar-refractivity contribution in [1.82, 2.24) is 9.97 Å². The second-order valence-electron chi connectivity index (χ2n) is 4.58. The van der Waals surface area contributed by atoms with Crippen molar-refractivity contribution >= 4 is 11.5 Å². The van der Waals surface area contributed by atoms with E-state index in [4.69, 9.17) is 10.5 Å². The van der Waals surface area contributed by atoms with Crippen molar-refractivity contribution in [2.75, 3.05) is 17.7 Å². The Morgan fingerprint density at radius 1 is 1.30 bits per heavy atom. The molecule has 0 spiro atoms. The number of benzene rings is 1. The van der Waals surface area contributed by atoms with Crippen molar-refractivity contribution < 1.29 is 4.74 Å². The third-order valence-electron chi connectivity index (χ3n) is 2.92. The van der Waals surface area contributed by atoms with Gasteiger partial charge in [0.15, 0.2) is 0 Å². The highest BCUT2D eigenvalue weighted by atomic mass is 16.5. The van der Waals surface area contributed by atoms with Crippen LogP contribution in [0.5, 0.6) is 5.88 Å². The van der Waals surface area contributed by atoms with Gasteiger partial charge in [0.25, 0.3) is 0 Å². The molecule has 0 fully saturated rings. The van der Waals surface area contributed by atoms with Gasteiger partial charge >= 0.3 is 0 Å². The number of ether oxygens (including phenoxy) is 1. The van der Waals surface area contributed by atoms with Crippen molar-refractivity contribution in [2.24, 2.45) is 0 Å². The first kappa shape index (κ1) is 14.1. The van der Waals surface area contributed by atoms with Gasteiger partial charge < -0.3 is 15.8 Å². The third-order valence-corrected chi connectivity index (χ3v) is 2.92. The van der Waals surface area contributed by atoms with Crippen LogP contribution >= 0.6 is 0 Å². The van der Waals surface area contributed by atoms with Gasteiger partial charge in [0.2, 0.25) is 5.88 Å². The molecule has 0 aliphatic carbocycles. The number of hydrogen-bond donors (Lipinski definition) is 2. The lowest BCUT2D eigenvalue weighted by Gasteiger charge is -2.17. The molecule has 5 nitrogen and oxygen atoms in total. The maximum absolute atomic E-state index is 5.97. The van der Waals surface area contributed by atoms with Gasteiger partial charge in [0.05, 0.1) is 12.6 Å². The maximum atomic E-state index is 5.97. The third kappa shape index (κ3) is 3.60. The molecule has 2 aromatic rings. The van der Waals surface area contributed by atoms with Crippen molar-refractivity contribution in [2.45, 2.75) is 26.3 Å². The van der Waals surface area contributed by atoms with E-state index in [0.29, 0.717) is 12.5 Å². The summed E-state index contributed by atoms with van der Waals surface area (Å²) in [7, 11) is 0. The van der Waals surface area contributed by atoms with Gasteiger partial charge in [0.1, 0.15) is 12.1 Å². The van der Waals surface area contributed by atoms with Gasteiger partial charge in [0, 0.05) is 11.8 Å². The molecule has 0 saturated heterocycles. The molecule has 2 rings (SSSR count). The second-order valence-corrected chi connectivity index (χ2v) is 4.58. The fourth-order valence-electron chi connectivity index (χ4n) is 1.91. The molecular formula is C15H20N4O. The molecule has 1 heterocycles. The van der Waals surface area contributed by atoms with Crippen LogP contribution < -0.4 is 15.8 Å². The van der Waals surface area contributed by atoms with Gasteiger partial charge in [-0.25, -0.2) is 9.97 Å². The molecular weight excluding hydrogens is 252 g/mol. The number of para-hydroxylation sites is 1. The summed E-state index contributed by atoms with van der Waals surface area (Å²) in [5.74, 6) is 1.31. The topological polar surface area (TPSA) is 73.1 Å². The molecule has 20 heavy (non-hydrogen) atoms. The van der Waals surface area contributed by atoms with Crippen LogP contribution in [0.1, 0.15) is 31.9 Å². The number of nitrogens with two attached hydrogens (primary N) is 1. The van der Waals surface area contributed by atoms with Gasteiger partial charge in [-0.05, 0) is 25.0 Å². The summed E-state index contributed by atoms with van der Waals surface area (Å²) in [4.78, 5) is 8.28. The number of nitrogens with one attached hydrogen (secondary N) is 1. The Hall–Kier alpha value is -2.30. The van der Waals surface area contributed by atoms with Crippen LogP contribution in [0.2, 0.25) is 0 Å². The first-order chi connectivity index (χ1) is 9.70. The van der Waals surface area contributed by atoms with E-state index in [1.165, 1.54) is 6.33 Å². The molecule has 0 amide bonds. The summed E-state index contributed by atoms with van der Waals surface area (Å²) in [6, 6.07) is 9.65. The first-order valence-corrected chi connectivity index (χ1v) is 6.76. The van der Waals surface area contributed by atoms with Crippen LogP contribution in [0.15, 0.2) is 36.7 Å². The predicted molar refractivity (Wildman–Crippen MR) is 80.7 cm³/mol. The first-order valence-electron chi connectivity index (χ1n) is 6.76. The average molecular weight is 272 g/mol. The fraction of sp³-hybridized carbons (Fsp3) is 0.333. The summed E-state index contributed by atoms with van der Waals surface area (Å²) in [5.41, 5.74) is 7.78. The monoisotopic (exact) mass is 272 g/mol. The highest BCUT2D eigenvalue weighted by Gasteiger charge is 2.09. The quantitative estimate of drug-likeness (QED) is 0.791. The van der Waals surface area contributed by atoms with E-state index in [2.05, 4.69) is 22.2 Å². The molecule has 0 bridgehead atoms. The summed E-state index contributed by atoms with van der Waals surface area (Å²) in [6.07, 6.45) is 2.44. The molecule has 0 aliphatic heterocycles. The van der Waals surface area contributed by atoms with Crippen molar-refractivity contribution in [3.63, 3.8) is 0 Å². The van der Waals surface area contributed by atoms with Crippen LogP contribution in [-0.4, -0.2) is 16.6 Å². The van der Waals surface area contributed by atoms with E-state index in [1.807, 2.05) is 31.2 Å². The highest BCUT2D eigenvalue weighted by Crippen LogP contribution is 2.23. The summed E-state index contributed by atoms with van der Waals surface area (Å²) >= 11 is 0. The van der Waals surface area contributed by atoms with Crippen LogP contribution in [0, 0.1) is 0 Å². The molecule has 1 unspecified atom stereocenters. The highest BCUT2D eigenvalue weighted by molar-refractivity contribution is 5.51. The van der Waals surface area contributed by atoms with Crippen molar-refractivity contribution in [1.29, 1.82) is 0 Å². The predicted octanol–water partition coefficient (Wildman–Crippen LogP) is 3.02. The number of nitrogens with zero attached hydrogens (tertiary/aromatic N) is 2. The van der Waals surface area contributed by atoms with E-state index in [9.17, 15) is 0 Å². The Kier molecular flexibility index (Phi) is 4.76. The van der Waals surface area contributed by atoms with Gasteiger partial charge in [-0.3, -0.25) is 0 Å². The number of hydrogen-bond acceptors (Lipinski definition) is 5. The van der Waals surface area contributed by atoms with Crippen molar-refractivity contribution in [3.05, 3.63) is 42.2 Å². The van der Waals surface area contributed by atoms with Crippen molar-refractivity contribution in [3.8, 4) is 5.88 Å². The zero-order valence-electron chi connectivity index (χ0n) is 11.8. The molecule has 1 aromatic carbocycles. The number of nitrogen functional groups attached to an aromatic ring is 1. The molecule has 1 aromatic heterocycles. The number of rotatable bonds is 6. The number of anilines is 2. The van der Waals surface area contributed by atoms with E-state index < -0.39 is 0 Å². The molecule has 0 aliphatic rings. The zero-order chi connectivity index (χ0) is 14.4. The lowest BCUT2D eigenvalue weighted by atomic mass is 10.1. The van der Waals surface area contributed by atoms with E-state index >= 15 is 0 Å². The normalized spacial score (nSPS) is 11.9. The Labute approximate surface area is 119 Å². The second kappa shape index (κ2) is 6.75. The number of aromatic nitrogens is 2. The van der Waals surface area contributed by atoms with Gasteiger partial charge in [-0.2, -0.15) is 0 Å². The Morgan fingerprint density at radius 2 is 2.10 bits per heavy atom. The van der Waals surface area contributed by atoms with E-state index in [0.717, 1.165) is 23.5 Å². The van der Waals surface area contributed by atoms with Crippen LogP contribution in [0.3, 0.4) is 0 Å². The SMILES string of the molecule is CCCOc1cc(NC(C)c2ccccc2N)ncn1. The summed E-state index contributed by atoms with van der Waals surface area (Å²) in [6.45, 7) is 4.75. The average Bonchev–Trinajstić information content (AvgIpc) is 2.46. The molecule has 3 N–H and O–H groups in total. The molecule has 5 heteroatoms. The largest absolute Gasteiger partial charge is 0.478 e. The smallest absolute Gasteiger partial charge is 0.218 e. The lowest BCUT2D eigenvalue weighted by molar-refractivity contribution is 0.305.